The summed E-state index contributed by atoms with van der Waals surface area (Å²) >= 11 is 5.72. The molecule has 27 heavy (non-hydrogen) atoms. The fourth-order valence-corrected chi connectivity index (χ4v) is 3.30. The number of carbonyl (C=O) groups is 4. The van der Waals surface area contributed by atoms with E-state index in [-0.39, 0.29) is 10.7 Å². The quantitative estimate of drug-likeness (QED) is 0.468. The maximum atomic E-state index is 13.6. The lowest BCUT2D eigenvalue weighted by molar-refractivity contribution is -0.154. The Hall–Kier alpha value is -2.74. The number of imide groups is 1. The number of esters is 1. The number of fused-ring (bicyclic) bond motifs is 1. The molecule has 1 N–H and O–H groups in total. The molecule has 0 bridgehead atoms. The highest BCUT2D eigenvalue weighted by atomic mass is 35.5. The van der Waals surface area contributed by atoms with Crippen LogP contribution in [0.25, 0.3) is 0 Å². The Morgan fingerprint density at radius 1 is 1.19 bits per heavy atom. The van der Waals surface area contributed by atoms with Crippen LogP contribution in [0.4, 0.5) is 10.1 Å². The summed E-state index contributed by atoms with van der Waals surface area (Å²) in [7, 11) is 0. The highest BCUT2D eigenvalue weighted by Gasteiger charge is 2.47. The molecule has 0 spiro atoms. The number of benzene rings is 1. The molecule has 0 aromatic heterocycles. The van der Waals surface area contributed by atoms with E-state index in [4.69, 9.17) is 16.3 Å². The summed E-state index contributed by atoms with van der Waals surface area (Å²) in [4.78, 5) is 49.1. The molecule has 0 unspecified atom stereocenters. The van der Waals surface area contributed by atoms with Gasteiger partial charge in [0.15, 0.2) is 6.61 Å². The van der Waals surface area contributed by atoms with Crippen LogP contribution < -0.4 is 5.32 Å². The molecular formula is C18H16ClFN2O5. The molecule has 1 heterocycles. The molecule has 3 amide bonds. The molecule has 0 radical (unpaired) electrons. The van der Waals surface area contributed by atoms with Crippen molar-refractivity contribution in [3.8, 4) is 0 Å². The van der Waals surface area contributed by atoms with Gasteiger partial charge in [0.1, 0.15) is 12.4 Å². The lowest BCUT2D eigenvalue weighted by atomic mass is 9.85. The highest BCUT2D eigenvalue weighted by molar-refractivity contribution is 6.30. The standard InChI is InChI=1S/C18H16ClFN2O5/c19-10-5-6-13(20)14(7-10)21-15(23)9-27-16(24)8-22-17(25)11-3-1-2-4-12(11)18(22)26/h1-2,5-7,11-12H,3-4,8-9H2,(H,21,23)/t11-,12+. The van der Waals surface area contributed by atoms with E-state index in [1.54, 1.807) is 0 Å². The van der Waals surface area contributed by atoms with Crippen molar-refractivity contribution in [3.05, 3.63) is 41.2 Å². The van der Waals surface area contributed by atoms with Gasteiger partial charge in [0.2, 0.25) is 11.8 Å². The number of hydrogen-bond donors (Lipinski definition) is 1. The zero-order valence-electron chi connectivity index (χ0n) is 14.1. The van der Waals surface area contributed by atoms with E-state index in [0.717, 1.165) is 11.0 Å². The first-order chi connectivity index (χ1) is 12.9. The molecule has 1 aliphatic carbocycles. The Balaban J connectivity index is 1.51. The van der Waals surface area contributed by atoms with Gasteiger partial charge in [0.25, 0.3) is 5.91 Å². The summed E-state index contributed by atoms with van der Waals surface area (Å²) in [5, 5.41) is 2.45. The lowest BCUT2D eigenvalue weighted by Crippen LogP contribution is -2.37. The highest BCUT2D eigenvalue weighted by Crippen LogP contribution is 2.34. The summed E-state index contributed by atoms with van der Waals surface area (Å²) in [5.74, 6) is -4.06. The van der Waals surface area contributed by atoms with Crippen LogP contribution in [0.1, 0.15) is 12.8 Å². The number of rotatable bonds is 5. The van der Waals surface area contributed by atoms with Gasteiger partial charge in [-0.2, -0.15) is 0 Å². The second kappa shape index (κ2) is 7.87. The Morgan fingerprint density at radius 2 is 1.81 bits per heavy atom. The van der Waals surface area contributed by atoms with E-state index in [9.17, 15) is 23.6 Å². The fourth-order valence-electron chi connectivity index (χ4n) is 3.13. The van der Waals surface area contributed by atoms with Crippen LogP contribution in [-0.4, -0.2) is 41.7 Å². The van der Waals surface area contributed by atoms with Gasteiger partial charge >= 0.3 is 5.97 Å². The summed E-state index contributed by atoms with van der Waals surface area (Å²) in [6.07, 6.45) is 4.61. The van der Waals surface area contributed by atoms with Crippen LogP contribution in [-0.2, 0) is 23.9 Å². The second-order valence-corrected chi connectivity index (χ2v) is 6.69. The van der Waals surface area contributed by atoms with Gasteiger partial charge in [-0.05, 0) is 31.0 Å². The van der Waals surface area contributed by atoms with E-state index >= 15 is 0 Å². The van der Waals surface area contributed by atoms with Crippen LogP contribution >= 0.6 is 11.6 Å². The predicted molar refractivity (Wildman–Crippen MR) is 93.1 cm³/mol. The largest absolute Gasteiger partial charge is 0.454 e. The summed E-state index contributed by atoms with van der Waals surface area (Å²) in [6, 6.07) is 3.63. The Labute approximate surface area is 159 Å². The fraction of sp³-hybridized carbons (Fsp3) is 0.333. The van der Waals surface area contributed by atoms with Gasteiger partial charge in [-0.15, -0.1) is 0 Å². The minimum absolute atomic E-state index is 0.148. The first kappa shape index (κ1) is 19.0. The number of carbonyl (C=O) groups excluding carboxylic acids is 4. The molecule has 2 aliphatic rings. The molecular weight excluding hydrogens is 379 g/mol. The molecule has 9 heteroatoms. The number of ether oxygens (including phenoxy) is 1. The van der Waals surface area contributed by atoms with Crippen molar-refractivity contribution in [1.82, 2.24) is 4.90 Å². The van der Waals surface area contributed by atoms with Crippen LogP contribution in [0.3, 0.4) is 0 Å². The first-order valence-corrected chi connectivity index (χ1v) is 8.65. The van der Waals surface area contributed by atoms with Crippen molar-refractivity contribution in [3.63, 3.8) is 0 Å². The van der Waals surface area contributed by atoms with Gasteiger partial charge in [-0.25, -0.2) is 4.39 Å². The van der Waals surface area contributed by atoms with Crippen LogP contribution in [0.2, 0.25) is 5.02 Å². The molecule has 0 saturated carbocycles. The minimum Gasteiger partial charge on any atom is -0.454 e. The van der Waals surface area contributed by atoms with Gasteiger partial charge in [0.05, 0.1) is 17.5 Å². The zero-order valence-corrected chi connectivity index (χ0v) is 14.9. The monoisotopic (exact) mass is 394 g/mol. The van der Waals surface area contributed by atoms with E-state index in [1.807, 2.05) is 12.2 Å². The number of nitrogens with zero attached hydrogens (tertiary/aromatic N) is 1. The van der Waals surface area contributed by atoms with Gasteiger partial charge in [-0.3, -0.25) is 24.1 Å². The number of hydrogen-bond acceptors (Lipinski definition) is 5. The maximum Gasteiger partial charge on any atom is 0.326 e. The number of anilines is 1. The average molecular weight is 395 g/mol. The van der Waals surface area contributed by atoms with Crippen LogP contribution in [0, 0.1) is 17.7 Å². The zero-order chi connectivity index (χ0) is 19.6. The van der Waals surface area contributed by atoms with Gasteiger partial charge in [0, 0.05) is 5.02 Å². The van der Waals surface area contributed by atoms with Crippen molar-refractivity contribution in [2.24, 2.45) is 11.8 Å². The average Bonchev–Trinajstić information content (AvgIpc) is 2.88. The van der Waals surface area contributed by atoms with Gasteiger partial charge < -0.3 is 10.1 Å². The Kier molecular flexibility index (Phi) is 5.55. The molecule has 3 rings (SSSR count). The number of likely N-dealkylation sites (tertiary alicyclic amines) is 1. The normalized spacial score (nSPS) is 21.2. The third-order valence-corrected chi connectivity index (χ3v) is 4.69. The van der Waals surface area contributed by atoms with Crippen LogP contribution in [0.15, 0.2) is 30.4 Å². The molecule has 1 fully saturated rings. The number of amides is 3. The third-order valence-electron chi connectivity index (χ3n) is 4.45. The molecule has 1 saturated heterocycles. The second-order valence-electron chi connectivity index (χ2n) is 6.25. The van der Waals surface area contributed by atoms with E-state index < -0.39 is 54.5 Å². The molecule has 7 nitrogen and oxygen atoms in total. The predicted octanol–water partition coefficient (Wildman–Crippen LogP) is 1.91. The summed E-state index contributed by atoms with van der Waals surface area (Å²) in [5.41, 5.74) is -0.148. The third kappa shape index (κ3) is 4.16. The molecule has 1 aromatic rings. The SMILES string of the molecule is O=C(COC(=O)CN1C(=O)[C@H]2CC=CC[C@H]2C1=O)Nc1cc(Cl)ccc1F. The van der Waals surface area contributed by atoms with Crippen molar-refractivity contribution in [2.75, 3.05) is 18.5 Å². The van der Waals surface area contributed by atoms with E-state index in [1.165, 1.54) is 12.1 Å². The Bertz CT molecular complexity index is 815. The van der Waals surface area contributed by atoms with Crippen molar-refractivity contribution in [2.45, 2.75) is 12.8 Å². The summed E-state index contributed by atoms with van der Waals surface area (Å²) < 4.78 is 18.4. The van der Waals surface area contributed by atoms with Crippen molar-refractivity contribution < 1.29 is 28.3 Å². The van der Waals surface area contributed by atoms with E-state index in [2.05, 4.69) is 5.32 Å². The van der Waals surface area contributed by atoms with Crippen molar-refractivity contribution in [1.29, 1.82) is 0 Å². The number of nitrogens with one attached hydrogen (secondary N) is 1. The van der Waals surface area contributed by atoms with E-state index in [0.29, 0.717) is 12.8 Å². The minimum atomic E-state index is -0.898. The Morgan fingerprint density at radius 3 is 2.44 bits per heavy atom. The smallest absolute Gasteiger partial charge is 0.326 e. The maximum absolute atomic E-state index is 13.6. The van der Waals surface area contributed by atoms with Crippen molar-refractivity contribution >= 4 is 41.0 Å². The topological polar surface area (TPSA) is 92.8 Å². The van der Waals surface area contributed by atoms with Crippen LogP contribution in [0.5, 0.6) is 0 Å². The number of halogens is 2. The first-order valence-electron chi connectivity index (χ1n) is 8.27. The molecule has 1 aromatic carbocycles. The molecule has 2 atom stereocenters. The van der Waals surface area contributed by atoms with Gasteiger partial charge in [-0.1, -0.05) is 23.8 Å². The number of allylic oxidation sites excluding steroid dienone is 2. The summed E-state index contributed by atoms with van der Waals surface area (Å²) in [6.45, 7) is -1.24. The molecule has 1 aliphatic heterocycles. The lowest BCUT2D eigenvalue weighted by Gasteiger charge is -2.14. The molecule has 142 valence electrons.